The fraction of sp³-hybridized carbons (Fsp3) is 0.429. The standard InChI is InChI=1S/C7H11N/c1-7-3-2-5-8-6-4-7/h2-4,6-8H,5H2,1H3. The van der Waals surface area contributed by atoms with Crippen LogP contribution in [0.2, 0.25) is 0 Å². The summed E-state index contributed by atoms with van der Waals surface area (Å²) in [6.45, 7) is 3.14. The molecule has 8 heavy (non-hydrogen) atoms. The minimum atomic E-state index is 0.602. The molecule has 1 heterocycles. The molecule has 0 aromatic carbocycles. The summed E-state index contributed by atoms with van der Waals surface area (Å²) >= 11 is 0. The molecule has 0 aliphatic carbocycles. The summed E-state index contributed by atoms with van der Waals surface area (Å²) in [4.78, 5) is 0. The first-order valence-corrected chi connectivity index (χ1v) is 2.96. The van der Waals surface area contributed by atoms with Gasteiger partial charge in [0.25, 0.3) is 0 Å². The van der Waals surface area contributed by atoms with Crippen molar-refractivity contribution >= 4 is 0 Å². The van der Waals surface area contributed by atoms with Crippen LogP contribution in [0.15, 0.2) is 24.4 Å². The van der Waals surface area contributed by atoms with Crippen molar-refractivity contribution in [3.05, 3.63) is 24.4 Å². The number of allylic oxidation sites excluding steroid dienone is 2. The maximum Gasteiger partial charge on any atom is 0.0325 e. The Labute approximate surface area is 50.1 Å². The molecule has 1 rings (SSSR count). The summed E-state index contributed by atoms with van der Waals surface area (Å²) in [5.41, 5.74) is 0. The van der Waals surface area contributed by atoms with Crippen LogP contribution in [0.25, 0.3) is 0 Å². The molecule has 0 aromatic rings. The third kappa shape index (κ3) is 1.41. The molecule has 1 atom stereocenters. The highest BCUT2D eigenvalue weighted by Gasteiger charge is 1.89. The summed E-state index contributed by atoms with van der Waals surface area (Å²) in [5, 5.41) is 3.11. The van der Waals surface area contributed by atoms with E-state index < -0.39 is 0 Å². The average molecular weight is 109 g/mol. The zero-order chi connectivity index (χ0) is 5.82. The summed E-state index contributed by atoms with van der Waals surface area (Å²) in [6.07, 6.45) is 8.48. The molecule has 0 fully saturated rings. The van der Waals surface area contributed by atoms with Crippen molar-refractivity contribution in [1.29, 1.82) is 0 Å². The SMILES string of the molecule is CC1C=CCNC=C1. The van der Waals surface area contributed by atoms with E-state index in [4.69, 9.17) is 0 Å². The quantitative estimate of drug-likeness (QED) is 0.462. The van der Waals surface area contributed by atoms with Gasteiger partial charge >= 0.3 is 0 Å². The third-order valence-electron chi connectivity index (χ3n) is 1.19. The molecule has 44 valence electrons. The van der Waals surface area contributed by atoms with Crippen LogP contribution < -0.4 is 5.32 Å². The third-order valence-corrected chi connectivity index (χ3v) is 1.19. The lowest BCUT2D eigenvalue weighted by atomic mass is 10.2. The van der Waals surface area contributed by atoms with E-state index in [0.717, 1.165) is 6.54 Å². The zero-order valence-corrected chi connectivity index (χ0v) is 5.09. The fourth-order valence-corrected chi connectivity index (χ4v) is 0.703. The lowest BCUT2D eigenvalue weighted by Gasteiger charge is -1.90. The van der Waals surface area contributed by atoms with E-state index >= 15 is 0 Å². The van der Waals surface area contributed by atoms with Crippen LogP contribution in [-0.2, 0) is 0 Å². The first kappa shape index (κ1) is 5.42. The van der Waals surface area contributed by atoms with Gasteiger partial charge in [-0.3, -0.25) is 0 Å². The molecule has 1 N–H and O–H groups in total. The van der Waals surface area contributed by atoms with Crippen LogP contribution in [-0.4, -0.2) is 6.54 Å². The van der Waals surface area contributed by atoms with Crippen LogP contribution in [0.4, 0.5) is 0 Å². The molecule has 0 bridgehead atoms. The predicted octanol–water partition coefficient (Wildman–Crippen LogP) is 1.30. The Morgan fingerprint density at radius 1 is 1.50 bits per heavy atom. The van der Waals surface area contributed by atoms with Gasteiger partial charge in [0.05, 0.1) is 0 Å². The fourth-order valence-electron chi connectivity index (χ4n) is 0.703. The van der Waals surface area contributed by atoms with E-state index in [0.29, 0.717) is 5.92 Å². The highest BCUT2D eigenvalue weighted by molar-refractivity contribution is 5.02. The van der Waals surface area contributed by atoms with Crippen molar-refractivity contribution in [2.45, 2.75) is 6.92 Å². The van der Waals surface area contributed by atoms with Crippen molar-refractivity contribution in [3.63, 3.8) is 0 Å². The van der Waals surface area contributed by atoms with Crippen LogP contribution in [0.5, 0.6) is 0 Å². The van der Waals surface area contributed by atoms with Gasteiger partial charge in [-0.2, -0.15) is 0 Å². The molecule has 1 heteroatoms. The number of hydrogen-bond acceptors (Lipinski definition) is 1. The Hall–Kier alpha value is -0.720. The zero-order valence-electron chi connectivity index (χ0n) is 5.09. The molecule has 0 saturated carbocycles. The molecule has 1 aliphatic heterocycles. The van der Waals surface area contributed by atoms with Crippen molar-refractivity contribution in [2.75, 3.05) is 6.54 Å². The van der Waals surface area contributed by atoms with E-state index in [9.17, 15) is 0 Å². The second-order valence-electron chi connectivity index (χ2n) is 2.05. The Balaban J connectivity index is 2.51. The van der Waals surface area contributed by atoms with Gasteiger partial charge in [0.15, 0.2) is 0 Å². The molecule has 1 unspecified atom stereocenters. The number of hydrogen-bond donors (Lipinski definition) is 1. The molecule has 0 amide bonds. The average Bonchev–Trinajstić information content (AvgIpc) is 1.94. The summed E-state index contributed by atoms with van der Waals surface area (Å²) < 4.78 is 0. The highest BCUT2D eigenvalue weighted by Crippen LogP contribution is 1.99. The smallest absolute Gasteiger partial charge is 0.0325 e. The van der Waals surface area contributed by atoms with Crippen LogP contribution in [0.3, 0.4) is 0 Å². The van der Waals surface area contributed by atoms with E-state index in [2.05, 4.69) is 30.5 Å². The first-order chi connectivity index (χ1) is 3.89. The number of rotatable bonds is 0. The first-order valence-electron chi connectivity index (χ1n) is 2.96. The van der Waals surface area contributed by atoms with E-state index in [-0.39, 0.29) is 0 Å². The summed E-state index contributed by atoms with van der Waals surface area (Å²) in [5.74, 6) is 0.602. The summed E-state index contributed by atoms with van der Waals surface area (Å²) in [6, 6.07) is 0. The largest absolute Gasteiger partial charge is 0.388 e. The van der Waals surface area contributed by atoms with Crippen LogP contribution in [0.1, 0.15) is 6.92 Å². The van der Waals surface area contributed by atoms with Gasteiger partial charge in [-0.25, -0.2) is 0 Å². The molecule has 0 aromatic heterocycles. The van der Waals surface area contributed by atoms with E-state index in [1.54, 1.807) is 0 Å². The second-order valence-corrected chi connectivity index (χ2v) is 2.05. The van der Waals surface area contributed by atoms with Gasteiger partial charge in [-0.05, 0) is 12.1 Å². The lowest BCUT2D eigenvalue weighted by molar-refractivity contribution is 0.937. The van der Waals surface area contributed by atoms with Crippen molar-refractivity contribution < 1.29 is 0 Å². The molecular weight excluding hydrogens is 98.1 g/mol. The Kier molecular flexibility index (Phi) is 1.73. The summed E-state index contributed by atoms with van der Waals surface area (Å²) in [7, 11) is 0. The van der Waals surface area contributed by atoms with E-state index in [1.165, 1.54) is 0 Å². The molecular formula is C7H11N. The number of nitrogens with one attached hydrogen (secondary N) is 1. The van der Waals surface area contributed by atoms with Gasteiger partial charge in [0, 0.05) is 6.54 Å². The topological polar surface area (TPSA) is 12.0 Å². The normalized spacial score (nSPS) is 26.9. The van der Waals surface area contributed by atoms with Crippen LogP contribution >= 0.6 is 0 Å². The maximum atomic E-state index is 3.11. The van der Waals surface area contributed by atoms with Crippen molar-refractivity contribution in [3.8, 4) is 0 Å². The van der Waals surface area contributed by atoms with Crippen molar-refractivity contribution in [2.24, 2.45) is 5.92 Å². The second kappa shape index (κ2) is 2.55. The maximum absolute atomic E-state index is 3.11. The lowest BCUT2D eigenvalue weighted by Crippen LogP contribution is -2.01. The van der Waals surface area contributed by atoms with Gasteiger partial charge < -0.3 is 5.32 Å². The monoisotopic (exact) mass is 109 g/mol. The van der Waals surface area contributed by atoms with Gasteiger partial charge in [-0.1, -0.05) is 25.2 Å². The van der Waals surface area contributed by atoms with Crippen molar-refractivity contribution in [1.82, 2.24) is 5.32 Å². The van der Waals surface area contributed by atoms with Gasteiger partial charge in [-0.15, -0.1) is 0 Å². The predicted molar refractivity (Wildman–Crippen MR) is 35.4 cm³/mol. The minimum Gasteiger partial charge on any atom is -0.388 e. The van der Waals surface area contributed by atoms with Crippen LogP contribution in [0, 0.1) is 5.92 Å². The Morgan fingerprint density at radius 3 is 3.25 bits per heavy atom. The highest BCUT2D eigenvalue weighted by atomic mass is 14.8. The molecule has 0 spiro atoms. The molecule has 0 radical (unpaired) electrons. The Morgan fingerprint density at radius 2 is 2.38 bits per heavy atom. The minimum absolute atomic E-state index is 0.602. The molecule has 0 saturated heterocycles. The molecule has 1 nitrogen and oxygen atoms in total. The Bertz CT molecular complexity index is 99.6. The molecule has 1 aliphatic rings. The van der Waals surface area contributed by atoms with Gasteiger partial charge in [0.2, 0.25) is 0 Å². The van der Waals surface area contributed by atoms with Gasteiger partial charge in [0.1, 0.15) is 0 Å². The van der Waals surface area contributed by atoms with E-state index in [1.807, 2.05) is 6.20 Å².